The summed E-state index contributed by atoms with van der Waals surface area (Å²) in [7, 11) is 0. The van der Waals surface area contributed by atoms with Crippen LogP contribution in [0.4, 0.5) is 0 Å². The Morgan fingerprint density at radius 1 is 1.20 bits per heavy atom. The fraction of sp³-hybridized carbons (Fsp3) is 0.286. The highest BCUT2D eigenvalue weighted by Crippen LogP contribution is 2.21. The molecule has 0 bridgehead atoms. The summed E-state index contributed by atoms with van der Waals surface area (Å²) in [5.41, 5.74) is 9.81. The molecule has 1 heteroatoms. The molecule has 0 aromatic heterocycles. The molecule has 1 aromatic carbocycles. The van der Waals surface area contributed by atoms with Gasteiger partial charge in [-0.1, -0.05) is 51.3 Å². The van der Waals surface area contributed by atoms with Gasteiger partial charge in [0.25, 0.3) is 0 Å². The van der Waals surface area contributed by atoms with E-state index in [-0.39, 0.29) is 0 Å². The van der Waals surface area contributed by atoms with Crippen molar-refractivity contribution >= 4 is 5.57 Å². The van der Waals surface area contributed by atoms with Crippen molar-refractivity contribution in [2.24, 2.45) is 5.73 Å². The molecular formula is C14H19N. The molecule has 1 aromatic rings. The quantitative estimate of drug-likeness (QED) is 0.743. The van der Waals surface area contributed by atoms with Gasteiger partial charge in [-0.3, -0.25) is 0 Å². The number of benzene rings is 1. The van der Waals surface area contributed by atoms with Crippen LogP contribution in [-0.2, 0) is 0 Å². The molecule has 15 heavy (non-hydrogen) atoms. The van der Waals surface area contributed by atoms with Crippen LogP contribution in [0.3, 0.4) is 0 Å². The van der Waals surface area contributed by atoms with E-state index in [1.54, 1.807) is 0 Å². The maximum absolute atomic E-state index is 5.53. The predicted octanol–water partition coefficient (Wildman–Crippen LogP) is 3.34. The molecule has 0 saturated heterocycles. The van der Waals surface area contributed by atoms with Gasteiger partial charge in [0, 0.05) is 6.54 Å². The molecule has 2 N–H and O–H groups in total. The molecule has 0 spiro atoms. The van der Waals surface area contributed by atoms with E-state index in [0.717, 1.165) is 16.7 Å². The summed E-state index contributed by atoms with van der Waals surface area (Å²) in [4.78, 5) is 0. The summed E-state index contributed by atoms with van der Waals surface area (Å²) < 4.78 is 0. The van der Waals surface area contributed by atoms with Gasteiger partial charge in [0.2, 0.25) is 0 Å². The van der Waals surface area contributed by atoms with E-state index in [2.05, 4.69) is 51.3 Å². The van der Waals surface area contributed by atoms with Gasteiger partial charge < -0.3 is 5.73 Å². The van der Waals surface area contributed by atoms with Gasteiger partial charge in [-0.25, -0.2) is 0 Å². The zero-order valence-corrected chi connectivity index (χ0v) is 9.59. The van der Waals surface area contributed by atoms with Crippen LogP contribution in [0.5, 0.6) is 0 Å². The Labute approximate surface area is 92.3 Å². The Balaban J connectivity index is 2.89. The number of hydrogen-bond donors (Lipinski definition) is 1. The second-order valence-electron chi connectivity index (χ2n) is 4.06. The largest absolute Gasteiger partial charge is 0.326 e. The summed E-state index contributed by atoms with van der Waals surface area (Å²) in [5.74, 6) is 0.560. The third-order valence-corrected chi connectivity index (χ3v) is 2.60. The second kappa shape index (κ2) is 4.94. The molecular weight excluding hydrogens is 182 g/mol. The highest BCUT2D eigenvalue weighted by Gasteiger charge is 2.03. The number of rotatable bonds is 4. The average Bonchev–Trinajstić information content (AvgIpc) is 2.27. The van der Waals surface area contributed by atoms with Crippen LogP contribution in [0.2, 0.25) is 0 Å². The Kier molecular flexibility index (Phi) is 3.87. The topological polar surface area (TPSA) is 26.0 Å². The molecule has 0 atom stereocenters. The zero-order chi connectivity index (χ0) is 11.4. The first-order valence-corrected chi connectivity index (χ1v) is 5.23. The van der Waals surface area contributed by atoms with Crippen LogP contribution >= 0.6 is 0 Å². The third kappa shape index (κ3) is 2.80. The van der Waals surface area contributed by atoms with Crippen molar-refractivity contribution in [2.45, 2.75) is 19.8 Å². The first-order chi connectivity index (χ1) is 7.06. The standard InChI is InChI=1S/C14H19N/c1-10(2)13-5-7-14(8-6-13)12(4)11(3)9-15/h5-8,10H,3-4,9,15H2,1-2H3. The van der Waals surface area contributed by atoms with Gasteiger partial charge in [-0.15, -0.1) is 0 Å². The van der Waals surface area contributed by atoms with E-state index >= 15 is 0 Å². The normalized spacial score (nSPS) is 10.4. The fourth-order valence-electron chi connectivity index (χ4n) is 1.40. The molecule has 1 rings (SSSR count). The van der Waals surface area contributed by atoms with Crippen LogP contribution in [0, 0.1) is 0 Å². The van der Waals surface area contributed by atoms with Crippen molar-refractivity contribution in [3.05, 3.63) is 54.1 Å². The highest BCUT2D eigenvalue weighted by atomic mass is 14.5. The molecule has 0 unspecified atom stereocenters. The fourth-order valence-corrected chi connectivity index (χ4v) is 1.40. The Bertz CT molecular complexity index is 357. The van der Waals surface area contributed by atoms with Crippen molar-refractivity contribution < 1.29 is 0 Å². The van der Waals surface area contributed by atoms with Crippen molar-refractivity contribution in [3.8, 4) is 0 Å². The van der Waals surface area contributed by atoms with E-state index in [9.17, 15) is 0 Å². The van der Waals surface area contributed by atoms with Crippen molar-refractivity contribution in [1.29, 1.82) is 0 Å². The maximum atomic E-state index is 5.53. The van der Waals surface area contributed by atoms with Gasteiger partial charge >= 0.3 is 0 Å². The van der Waals surface area contributed by atoms with Gasteiger partial charge in [-0.05, 0) is 28.2 Å². The Hall–Kier alpha value is -1.34. The molecule has 0 aliphatic heterocycles. The Morgan fingerprint density at radius 2 is 1.73 bits per heavy atom. The molecule has 0 fully saturated rings. The van der Waals surface area contributed by atoms with Crippen LogP contribution in [0.25, 0.3) is 5.57 Å². The molecule has 0 saturated carbocycles. The zero-order valence-electron chi connectivity index (χ0n) is 9.59. The average molecular weight is 201 g/mol. The lowest BCUT2D eigenvalue weighted by Crippen LogP contribution is -2.03. The molecule has 0 aliphatic carbocycles. The first-order valence-electron chi connectivity index (χ1n) is 5.23. The monoisotopic (exact) mass is 201 g/mol. The van der Waals surface area contributed by atoms with Crippen LogP contribution < -0.4 is 5.73 Å². The maximum Gasteiger partial charge on any atom is 0.0178 e. The number of nitrogens with two attached hydrogens (primary N) is 1. The smallest absolute Gasteiger partial charge is 0.0178 e. The highest BCUT2D eigenvalue weighted by molar-refractivity contribution is 5.76. The molecule has 0 aliphatic rings. The van der Waals surface area contributed by atoms with Gasteiger partial charge in [0.05, 0.1) is 0 Å². The van der Waals surface area contributed by atoms with E-state index in [1.165, 1.54) is 5.56 Å². The van der Waals surface area contributed by atoms with Gasteiger partial charge in [-0.2, -0.15) is 0 Å². The third-order valence-electron chi connectivity index (χ3n) is 2.60. The van der Waals surface area contributed by atoms with Crippen molar-refractivity contribution in [3.63, 3.8) is 0 Å². The van der Waals surface area contributed by atoms with E-state index < -0.39 is 0 Å². The van der Waals surface area contributed by atoms with Crippen molar-refractivity contribution in [2.75, 3.05) is 6.54 Å². The van der Waals surface area contributed by atoms with Gasteiger partial charge in [0.1, 0.15) is 0 Å². The second-order valence-corrected chi connectivity index (χ2v) is 4.06. The first kappa shape index (κ1) is 11.7. The summed E-state index contributed by atoms with van der Waals surface area (Å²) in [6, 6.07) is 8.43. The van der Waals surface area contributed by atoms with E-state index in [4.69, 9.17) is 5.73 Å². The van der Waals surface area contributed by atoms with Crippen molar-refractivity contribution in [1.82, 2.24) is 0 Å². The van der Waals surface area contributed by atoms with Crippen LogP contribution in [-0.4, -0.2) is 6.54 Å². The lowest BCUT2D eigenvalue weighted by Gasteiger charge is -2.10. The Morgan fingerprint density at radius 3 is 2.13 bits per heavy atom. The molecule has 0 radical (unpaired) electrons. The number of hydrogen-bond acceptors (Lipinski definition) is 1. The van der Waals surface area contributed by atoms with Crippen LogP contribution in [0.1, 0.15) is 30.9 Å². The summed E-state index contributed by atoms with van der Waals surface area (Å²) in [6.45, 7) is 12.7. The van der Waals surface area contributed by atoms with E-state index in [0.29, 0.717) is 12.5 Å². The predicted molar refractivity (Wildman–Crippen MR) is 67.8 cm³/mol. The molecule has 1 nitrogen and oxygen atoms in total. The minimum Gasteiger partial charge on any atom is -0.326 e. The van der Waals surface area contributed by atoms with E-state index in [1.807, 2.05) is 0 Å². The lowest BCUT2D eigenvalue weighted by molar-refractivity contribution is 0.866. The summed E-state index contributed by atoms with van der Waals surface area (Å²) in [6.07, 6.45) is 0. The van der Waals surface area contributed by atoms with Gasteiger partial charge in [0.15, 0.2) is 0 Å². The SMILES string of the molecule is C=C(CN)C(=C)c1ccc(C(C)C)cc1. The summed E-state index contributed by atoms with van der Waals surface area (Å²) in [5, 5.41) is 0. The minimum absolute atomic E-state index is 0.463. The minimum atomic E-state index is 0.463. The lowest BCUT2D eigenvalue weighted by atomic mass is 9.96. The molecule has 0 amide bonds. The molecule has 80 valence electrons. The van der Waals surface area contributed by atoms with Crippen LogP contribution in [0.15, 0.2) is 43.0 Å². The molecule has 0 heterocycles. The summed E-state index contributed by atoms with van der Waals surface area (Å²) >= 11 is 0.